The lowest BCUT2D eigenvalue weighted by atomic mass is 10.1. The molecule has 0 atom stereocenters. The topological polar surface area (TPSA) is 75.9 Å². The molecule has 0 bridgehead atoms. The van der Waals surface area contributed by atoms with E-state index in [1.54, 1.807) is 24.3 Å². The Bertz CT molecular complexity index is 795. The fourth-order valence-corrected chi connectivity index (χ4v) is 3.08. The van der Waals surface area contributed by atoms with Gasteiger partial charge in [-0.3, -0.25) is 14.9 Å². The molecule has 27 heavy (non-hydrogen) atoms. The summed E-state index contributed by atoms with van der Waals surface area (Å²) in [4.78, 5) is 27.0. The van der Waals surface area contributed by atoms with Crippen LogP contribution in [0.25, 0.3) is 0 Å². The zero-order valence-electron chi connectivity index (χ0n) is 15.5. The molecule has 1 amide bonds. The normalized spacial score (nSPS) is 14.3. The van der Waals surface area contributed by atoms with Crippen molar-refractivity contribution in [3.8, 4) is 5.75 Å². The van der Waals surface area contributed by atoms with Gasteiger partial charge in [0.1, 0.15) is 5.75 Å². The molecule has 2 aromatic carbocycles. The largest absolute Gasteiger partial charge is 0.491 e. The number of carbonyl (C=O) groups excluding carboxylic acids is 1. The van der Waals surface area contributed by atoms with Gasteiger partial charge in [0, 0.05) is 49.6 Å². The Kier molecular flexibility index (Phi) is 5.59. The van der Waals surface area contributed by atoms with Crippen LogP contribution >= 0.6 is 0 Å². The van der Waals surface area contributed by atoms with Crippen molar-refractivity contribution in [3.05, 3.63) is 64.2 Å². The molecule has 0 N–H and O–H groups in total. The first-order valence-electron chi connectivity index (χ1n) is 8.99. The second-order valence-corrected chi connectivity index (χ2v) is 6.74. The Labute approximate surface area is 158 Å². The van der Waals surface area contributed by atoms with Crippen LogP contribution in [-0.4, -0.2) is 48.0 Å². The highest BCUT2D eigenvalue weighted by Gasteiger charge is 2.22. The van der Waals surface area contributed by atoms with E-state index in [0.29, 0.717) is 31.7 Å². The van der Waals surface area contributed by atoms with Crippen LogP contribution in [0.15, 0.2) is 48.5 Å². The van der Waals surface area contributed by atoms with Crippen LogP contribution in [0.1, 0.15) is 24.2 Å². The number of ether oxygens (including phenoxy) is 1. The third-order valence-corrected chi connectivity index (χ3v) is 4.47. The lowest BCUT2D eigenvalue weighted by Crippen LogP contribution is -2.48. The zero-order chi connectivity index (χ0) is 19.4. The number of carbonyl (C=O) groups is 1. The number of non-ortho nitro benzene ring substituents is 1. The van der Waals surface area contributed by atoms with Gasteiger partial charge in [-0.05, 0) is 50.2 Å². The van der Waals surface area contributed by atoms with E-state index in [-0.39, 0.29) is 17.7 Å². The van der Waals surface area contributed by atoms with Gasteiger partial charge in [0.15, 0.2) is 0 Å². The minimum atomic E-state index is -0.405. The average molecular weight is 369 g/mol. The predicted molar refractivity (Wildman–Crippen MR) is 103 cm³/mol. The van der Waals surface area contributed by atoms with Crippen molar-refractivity contribution in [2.75, 3.05) is 31.1 Å². The van der Waals surface area contributed by atoms with Crippen LogP contribution in [0.2, 0.25) is 0 Å². The second-order valence-electron chi connectivity index (χ2n) is 6.74. The third-order valence-electron chi connectivity index (χ3n) is 4.47. The average Bonchev–Trinajstić information content (AvgIpc) is 2.68. The first kappa shape index (κ1) is 18.7. The highest BCUT2D eigenvalue weighted by atomic mass is 16.6. The molecule has 1 fully saturated rings. The molecule has 0 spiro atoms. The monoisotopic (exact) mass is 369 g/mol. The molecule has 1 aliphatic heterocycles. The maximum absolute atomic E-state index is 12.7. The second kappa shape index (κ2) is 8.07. The SMILES string of the molecule is CC(C)Oc1ccc(C(=O)N2CCN(c3ccc([N+](=O)[O-])cc3)CC2)cc1. The lowest BCUT2D eigenvalue weighted by molar-refractivity contribution is -0.384. The molecule has 0 aliphatic carbocycles. The Hall–Kier alpha value is -3.09. The van der Waals surface area contributed by atoms with Gasteiger partial charge in [0.25, 0.3) is 11.6 Å². The van der Waals surface area contributed by atoms with Crippen molar-refractivity contribution in [1.29, 1.82) is 0 Å². The highest BCUT2D eigenvalue weighted by Crippen LogP contribution is 2.21. The van der Waals surface area contributed by atoms with Gasteiger partial charge in [0.2, 0.25) is 0 Å². The summed E-state index contributed by atoms with van der Waals surface area (Å²) in [6.07, 6.45) is 0.0963. The van der Waals surface area contributed by atoms with Crippen LogP contribution in [-0.2, 0) is 0 Å². The van der Waals surface area contributed by atoms with Gasteiger partial charge >= 0.3 is 0 Å². The number of hydrogen-bond donors (Lipinski definition) is 0. The molecule has 7 heteroatoms. The first-order valence-corrected chi connectivity index (χ1v) is 8.99. The van der Waals surface area contributed by atoms with Crippen molar-refractivity contribution >= 4 is 17.3 Å². The number of nitro benzene ring substituents is 1. The first-order chi connectivity index (χ1) is 12.9. The summed E-state index contributed by atoms with van der Waals surface area (Å²) in [6.45, 7) is 6.53. The van der Waals surface area contributed by atoms with Crippen molar-refractivity contribution in [3.63, 3.8) is 0 Å². The van der Waals surface area contributed by atoms with Crippen molar-refractivity contribution < 1.29 is 14.5 Å². The van der Waals surface area contributed by atoms with Gasteiger partial charge in [-0.15, -0.1) is 0 Å². The molecule has 0 unspecified atom stereocenters. The Morgan fingerprint density at radius 2 is 1.59 bits per heavy atom. The molecule has 142 valence electrons. The van der Waals surface area contributed by atoms with Gasteiger partial charge < -0.3 is 14.5 Å². The summed E-state index contributed by atoms with van der Waals surface area (Å²) in [5.41, 5.74) is 1.66. The van der Waals surface area contributed by atoms with Crippen LogP contribution in [0.4, 0.5) is 11.4 Å². The Balaban J connectivity index is 1.58. The van der Waals surface area contributed by atoms with Crippen LogP contribution in [0.5, 0.6) is 5.75 Å². The molecule has 0 saturated carbocycles. The zero-order valence-corrected chi connectivity index (χ0v) is 15.5. The molecule has 1 aliphatic rings. The van der Waals surface area contributed by atoms with E-state index in [1.807, 2.05) is 30.9 Å². The summed E-state index contributed by atoms with van der Waals surface area (Å²) in [5.74, 6) is 0.763. The van der Waals surface area contributed by atoms with E-state index in [9.17, 15) is 14.9 Å². The molecular weight excluding hydrogens is 346 g/mol. The number of anilines is 1. The standard InChI is InChI=1S/C20H23N3O4/c1-15(2)27-19-9-3-16(4-10-19)20(24)22-13-11-21(12-14-22)17-5-7-18(8-6-17)23(25)26/h3-10,15H,11-14H2,1-2H3. The Morgan fingerprint density at radius 1 is 1.00 bits per heavy atom. The number of benzene rings is 2. The molecule has 2 aromatic rings. The molecular formula is C20H23N3O4. The summed E-state index contributed by atoms with van der Waals surface area (Å²) >= 11 is 0. The lowest BCUT2D eigenvalue weighted by Gasteiger charge is -2.36. The smallest absolute Gasteiger partial charge is 0.269 e. The van der Waals surface area contributed by atoms with Crippen molar-refractivity contribution in [1.82, 2.24) is 4.90 Å². The van der Waals surface area contributed by atoms with Gasteiger partial charge in [0.05, 0.1) is 11.0 Å². The van der Waals surface area contributed by atoms with E-state index in [1.165, 1.54) is 12.1 Å². The minimum absolute atomic E-state index is 0.00875. The van der Waals surface area contributed by atoms with Crippen LogP contribution in [0, 0.1) is 10.1 Å². The molecule has 1 heterocycles. The Morgan fingerprint density at radius 3 is 2.11 bits per heavy atom. The number of rotatable bonds is 5. The number of hydrogen-bond acceptors (Lipinski definition) is 5. The number of amides is 1. The van der Waals surface area contributed by atoms with E-state index in [2.05, 4.69) is 4.90 Å². The molecule has 0 aromatic heterocycles. The maximum Gasteiger partial charge on any atom is 0.269 e. The molecule has 3 rings (SSSR count). The molecule has 1 saturated heterocycles. The van der Waals surface area contributed by atoms with Gasteiger partial charge in [-0.25, -0.2) is 0 Å². The summed E-state index contributed by atoms with van der Waals surface area (Å²) in [6, 6.07) is 13.7. The predicted octanol–water partition coefficient (Wildman–Crippen LogP) is 3.34. The van der Waals surface area contributed by atoms with Crippen molar-refractivity contribution in [2.45, 2.75) is 20.0 Å². The van der Waals surface area contributed by atoms with Crippen LogP contribution in [0.3, 0.4) is 0 Å². The van der Waals surface area contributed by atoms with E-state index >= 15 is 0 Å². The third kappa shape index (κ3) is 4.55. The van der Waals surface area contributed by atoms with Crippen molar-refractivity contribution in [2.24, 2.45) is 0 Å². The van der Waals surface area contributed by atoms with Gasteiger partial charge in [-0.2, -0.15) is 0 Å². The van der Waals surface area contributed by atoms with E-state index in [4.69, 9.17) is 4.74 Å². The summed E-state index contributed by atoms with van der Waals surface area (Å²) < 4.78 is 5.61. The van der Waals surface area contributed by atoms with E-state index in [0.717, 1.165) is 11.4 Å². The van der Waals surface area contributed by atoms with Crippen LogP contribution < -0.4 is 9.64 Å². The number of nitrogens with zero attached hydrogens (tertiary/aromatic N) is 3. The number of nitro groups is 1. The fourth-order valence-electron chi connectivity index (χ4n) is 3.08. The minimum Gasteiger partial charge on any atom is -0.491 e. The molecule has 0 radical (unpaired) electrons. The number of piperazine rings is 1. The van der Waals surface area contributed by atoms with Gasteiger partial charge in [-0.1, -0.05) is 0 Å². The van der Waals surface area contributed by atoms with E-state index < -0.39 is 4.92 Å². The maximum atomic E-state index is 12.7. The quantitative estimate of drug-likeness (QED) is 0.597. The molecule has 7 nitrogen and oxygen atoms in total. The summed E-state index contributed by atoms with van der Waals surface area (Å²) in [5, 5.41) is 10.8. The highest BCUT2D eigenvalue weighted by molar-refractivity contribution is 5.94. The summed E-state index contributed by atoms with van der Waals surface area (Å²) in [7, 11) is 0. The fraction of sp³-hybridized carbons (Fsp3) is 0.350.